The summed E-state index contributed by atoms with van der Waals surface area (Å²) in [5, 5.41) is 2.74. The van der Waals surface area contributed by atoms with Crippen LogP contribution in [0, 0.1) is 5.41 Å². The molecule has 19 heavy (non-hydrogen) atoms. The van der Waals surface area contributed by atoms with Crippen molar-refractivity contribution in [2.24, 2.45) is 16.9 Å². The number of benzene rings is 1. The summed E-state index contributed by atoms with van der Waals surface area (Å²) in [6.45, 7) is 4.08. The third-order valence-corrected chi connectivity index (χ3v) is 3.03. The number of carbonyl (C=O) groups is 2. The van der Waals surface area contributed by atoms with Crippen molar-refractivity contribution in [2.75, 3.05) is 13.1 Å². The molecule has 104 valence electrons. The normalized spacial score (nSPS) is 11.1. The first kappa shape index (κ1) is 15.2. The highest BCUT2D eigenvalue weighted by Gasteiger charge is 2.25. The third kappa shape index (κ3) is 4.06. The van der Waals surface area contributed by atoms with Crippen LogP contribution in [0.4, 0.5) is 0 Å². The summed E-state index contributed by atoms with van der Waals surface area (Å²) in [4.78, 5) is 23.3. The molecule has 0 aliphatic rings. The van der Waals surface area contributed by atoms with Gasteiger partial charge in [-0.05, 0) is 38.4 Å². The van der Waals surface area contributed by atoms with Crippen LogP contribution in [0.3, 0.4) is 0 Å². The summed E-state index contributed by atoms with van der Waals surface area (Å²) < 4.78 is 0. The molecule has 0 fully saturated rings. The van der Waals surface area contributed by atoms with E-state index in [1.807, 2.05) is 12.1 Å². The van der Waals surface area contributed by atoms with E-state index in [-0.39, 0.29) is 12.5 Å². The number of nitrogens with two attached hydrogens (primary N) is 2. The molecule has 0 aromatic heterocycles. The number of amides is 2. The van der Waals surface area contributed by atoms with Crippen molar-refractivity contribution in [1.29, 1.82) is 0 Å². The zero-order valence-corrected chi connectivity index (χ0v) is 11.4. The molecular formula is C14H21N3O2. The van der Waals surface area contributed by atoms with Crippen molar-refractivity contribution in [3.63, 3.8) is 0 Å². The number of rotatable bonds is 6. The highest BCUT2D eigenvalue weighted by atomic mass is 16.2. The minimum Gasteiger partial charge on any atom is -0.369 e. The predicted octanol–water partition coefficient (Wildman–Crippen LogP) is 0.429. The second-order valence-corrected chi connectivity index (χ2v) is 5.13. The van der Waals surface area contributed by atoms with Gasteiger partial charge >= 0.3 is 0 Å². The third-order valence-electron chi connectivity index (χ3n) is 3.03. The van der Waals surface area contributed by atoms with E-state index >= 15 is 0 Å². The lowest BCUT2D eigenvalue weighted by molar-refractivity contribution is -0.125. The molecule has 5 N–H and O–H groups in total. The Morgan fingerprint density at radius 2 is 1.89 bits per heavy atom. The van der Waals surface area contributed by atoms with E-state index in [0.717, 1.165) is 5.56 Å². The fourth-order valence-electron chi connectivity index (χ4n) is 1.60. The monoisotopic (exact) mass is 263 g/mol. The van der Waals surface area contributed by atoms with E-state index in [2.05, 4.69) is 5.32 Å². The van der Waals surface area contributed by atoms with Crippen LogP contribution in [-0.2, 0) is 11.2 Å². The second kappa shape index (κ2) is 6.33. The van der Waals surface area contributed by atoms with Crippen LogP contribution in [0.2, 0.25) is 0 Å². The molecule has 0 atom stereocenters. The Morgan fingerprint density at radius 1 is 1.26 bits per heavy atom. The molecule has 0 saturated carbocycles. The van der Waals surface area contributed by atoms with Crippen molar-refractivity contribution >= 4 is 11.8 Å². The molecule has 5 nitrogen and oxygen atoms in total. The zero-order valence-electron chi connectivity index (χ0n) is 11.4. The van der Waals surface area contributed by atoms with Crippen molar-refractivity contribution in [2.45, 2.75) is 20.3 Å². The van der Waals surface area contributed by atoms with Crippen LogP contribution < -0.4 is 16.8 Å². The van der Waals surface area contributed by atoms with E-state index in [0.29, 0.717) is 18.5 Å². The van der Waals surface area contributed by atoms with Gasteiger partial charge in [0, 0.05) is 12.1 Å². The molecule has 0 aliphatic heterocycles. The fraction of sp³-hybridized carbons (Fsp3) is 0.429. The number of hydrogen-bond donors (Lipinski definition) is 3. The van der Waals surface area contributed by atoms with Gasteiger partial charge in [0.05, 0.1) is 5.41 Å². The van der Waals surface area contributed by atoms with Gasteiger partial charge < -0.3 is 16.8 Å². The van der Waals surface area contributed by atoms with Crippen LogP contribution >= 0.6 is 0 Å². The van der Waals surface area contributed by atoms with Crippen LogP contribution in [-0.4, -0.2) is 24.9 Å². The quantitative estimate of drug-likeness (QED) is 0.694. The maximum Gasteiger partial charge on any atom is 0.251 e. The lowest BCUT2D eigenvalue weighted by atomic mass is 9.92. The van der Waals surface area contributed by atoms with Gasteiger partial charge in [0.2, 0.25) is 5.91 Å². The van der Waals surface area contributed by atoms with E-state index in [1.54, 1.807) is 26.0 Å². The van der Waals surface area contributed by atoms with Gasteiger partial charge in [-0.25, -0.2) is 0 Å². The maximum absolute atomic E-state index is 12.1. The first-order valence-corrected chi connectivity index (χ1v) is 6.24. The van der Waals surface area contributed by atoms with Crippen LogP contribution in [0.5, 0.6) is 0 Å². The summed E-state index contributed by atoms with van der Waals surface area (Å²) in [6, 6.07) is 7.29. The van der Waals surface area contributed by atoms with E-state index < -0.39 is 11.3 Å². The topological polar surface area (TPSA) is 98.2 Å². The Balaban J connectivity index is 2.76. The Bertz CT molecular complexity index is 470. The molecular weight excluding hydrogens is 242 g/mol. The Kier molecular flexibility index (Phi) is 5.06. The molecule has 0 unspecified atom stereocenters. The van der Waals surface area contributed by atoms with Crippen molar-refractivity contribution in [3.8, 4) is 0 Å². The molecule has 1 aromatic rings. The van der Waals surface area contributed by atoms with Gasteiger partial charge in [-0.1, -0.05) is 18.2 Å². The van der Waals surface area contributed by atoms with Gasteiger partial charge in [-0.3, -0.25) is 9.59 Å². The second-order valence-electron chi connectivity index (χ2n) is 5.13. The summed E-state index contributed by atoms with van der Waals surface area (Å²) in [6.07, 6.45) is 0.642. The lowest BCUT2D eigenvalue weighted by Crippen LogP contribution is -2.42. The van der Waals surface area contributed by atoms with E-state index in [4.69, 9.17) is 11.5 Å². The van der Waals surface area contributed by atoms with Crippen molar-refractivity contribution in [3.05, 3.63) is 35.4 Å². The molecule has 2 amide bonds. The van der Waals surface area contributed by atoms with Gasteiger partial charge in [0.1, 0.15) is 0 Å². The summed E-state index contributed by atoms with van der Waals surface area (Å²) >= 11 is 0. The molecule has 0 saturated heterocycles. The smallest absolute Gasteiger partial charge is 0.251 e. The van der Waals surface area contributed by atoms with Gasteiger partial charge in [-0.2, -0.15) is 0 Å². The SMILES string of the molecule is CC(C)(CNC(=O)c1ccccc1CCN)C(N)=O. The first-order chi connectivity index (χ1) is 8.88. The molecule has 1 rings (SSSR count). The Labute approximate surface area is 113 Å². The van der Waals surface area contributed by atoms with E-state index in [1.165, 1.54) is 0 Å². The van der Waals surface area contributed by atoms with Crippen molar-refractivity contribution in [1.82, 2.24) is 5.32 Å². The molecule has 0 bridgehead atoms. The Hall–Kier alpha value is -1.88. The zero-order chi connectivity index (χ0) is 14.5. The average molecular weight is 263 g/mol. The standard InChI is InChI=1S/C14H21N3O2/c1-14(2,13(16)19)9-17-12(18)11-6-4-3-5-10(11)7-8-15/h3-6H,7-9,15H2,1-2H3,(H2,16,19)(H,17,18). The fourth-order valence-corrected chi connectivity index (χ4v) is 1.60. The summed E-state index contributed by atoms with van der Waals surface area (Å²) in [5.41, 5.74) is 11.5. The molecule has 5 heteroatoms. The molecule has 0 radical (unpaired) electrons. The van der Waals surface area contributed by atoms with Gasteiger partial charge in [-0.15, -0.1) is 0 Å². The lowest BCUT2D eigenvalue weighted by Gasteiger charge is -2.21. The maximum atomic E-state index is 12.1. The average Bonchev–Trinajstić information content (AvgIpc) is 2.37. The number of primary amides is 1. The summed E-state index contributed by atoms with van der Waals surface area (Å²) in [5.74, 6) is -0.651. The van der Waals surface area contributed by atoms with E-state index in [9.17, 15) is 9.59 Å². The highest BCUT2D eigenvalue weighted by Crippen LogP contribution is 2.13. The van der Waals surface area contributed by atoms with Crippen molar-refractivity contribution < 1.29 is 9.59 Å². The van der Waals surface area contributed by atoms with Crippen LogP contribution in [0.25, 0.3) is 0 Å². The molecule has 0 spiro atoms. The van der Waals surface area contributed by atoms with Crippen LogP contribution in [0.15, 0.2) is 24.3 Å². The number of nitrogens with one attached hydrogen (secondary N) is 1. The Morgan fingerprint density at radius 3 is 2.47 bits per heavy atom. The number of carbonyl (C=O) groups excluding carboxylic acids is 2. The first-order valence-electron chi connectivity index (χ1n) is 6.24. The molecule has 0 aliphatic carbocycles. The minimum absolute atomic E-state index is 0.206. The molecule has 1 aromatic carbocycles. The largest absolute Gasteiger partial charge is 0.369 e. The summed E-state index contributed by atoms with van der Waals surface area (Å²) in [7, 11) is 0. The molecule has 0 heterocycles. The minimum atomic E-state index is -0.765. The number of hydrogen-bond acceptors (Lipinski definition) is 3. The van der Waals surface area contributed by atoms with Gasteiger partial charge in [0.25, 0.3) is 5.91 Å². The van der Waals surface area contributed by atoms with Gasteiger partial charge in [0.15, 0.2) is 0 Å². The van der Waals surface area contributed by atoms with Crippen LogP contribution in [0.1, 0.15) is 29.8 Å². The predicted molar refractivity (Wildman–Crippen MR) is 74.5 cm³/mol. The highest BCUT2D eigenvalue weighted by molar-refractivity contribution is 5.96.